The second-order valence-electron chi connectivity index (χ2n) is 4.67. The third kappa shape index (κ3) is 4.93. The predicted octanol–water partition coefficient (Wildman–Crippen LogP) is 2.88. The van der Waals surface area contributed by atoms with Crippen molar-refractivity contribution in [2.75, 3.05) is 5.32 Å². The van der Waals surface area contributed by atoms with Crippen molar-refractivity contribution in [1.82, 2.24) is 5.43 Å². The number of amides is 2. The molecule has 0 bridgehead atoms. The summed E-state index contributed by atoms with van der Waals surface area (Å²) in [6.07, 6.45) is 1.46. The van der Waals surface area contributed by atoms with Gasteiger partial charge in [-0.05, 0) is 57.9 Å². The third-order valence-electron chi connectivity index (χ3n) is 2.80. The van der Waals surface area contributed by atoms with E-state index < -0.39 is 5.91 Å². The van der Waals surface area contributed by atoms with Crippen LogP contribution in [0.25, 0.3) is 0 Å². The maximum absolute atomic E-state index is 12.0. The van der Waals surface area contributed by atoms with Crippen LogP contribution in [0.1, 0.15) is 22.8 Å². The molecule has 0 saturated carbocycles. The van der Waals surface area contributed by atoms with E-state index >= 15 is 0 Å². The first-order valence-electron chi connectivity index (χ1n) is 6.65. The number of rotatable bonds is 4. The van der Waals surface area contributed by atoms with Gasteiger partial charge in [0.1, 0.15) is 5.75 Å². The Morgan fingerprint density at radius 1 is 1.22 bits per heavy atom. The Kier molecular flexibility index (Phi) is 5.48. The van der Waals surface area contributed by atoms with E-state index in [1.54, 1.807) is 36.4 Å². The SMILES string of the molecule is CC(=O)Nc1cccc(C(=O)NN=Cc2ccc(O)c(Br)c2)c1. The molecule has 0 heterocycles. The number of hydrogen-bond donors (Lipinski definition) is 3. The molecule has 0 aliphatic carbocycles. The number of hydrogen-bond acceptors (Lipinski definition) is 4. The highest BCUT2D eigenvalue weighted by molar-refractivity contribution is 9.10. The molecule has 2 aromatic rings. The van der Waals surface area contributed by atoms with Crippen molar-refractivity contribution < 1.29 is 14.7 Å². The molecule has 118 valence electrons. The van der Waals surface area contributed by atoms with Crippen LogP contribution in [-0.2, 0) is 4.79 Å². The molecule has 0 aliphatic heterocycles. The van der Waals surface area contributed by atoms with Gasteiger partial charge in [0, 0.05) is 18.2 Å². The Bertz CT molecular complexity index is 775. The van der Waals surface area contributed by atoms with Crippen molar-refractivity contribution in [2.24, 2.45) is 5.10 Å². The van der Waals surface area contributed by atoms with Crippen molar-refractivity contribution in [1.29, 1.82) is 0 Å². The van der Waals surface area contributed by atoms with Crippen LogP contribution in [-0.4, -0.2) is 23.1 Å². The number of hydrazone groups is 1. The zero-order valence-corrected chi connectivity index (χ0v) is 13.8. The molecule has 2 aromatic carbocycles. The summed E-state index contributed by atoms with van der Waals surface area (Å²) in [5.41, 5.74) is 4.03. The minimum absolute atomic E-state index is 0.126. The molecular weight excluding hydrogens is 362 g/mol. The van der Waals surface area contributed by atoms with Crippen molar-refractivity contribution in [3.05, 3.63) is 58.1 Å². The van der Waals surface area contributed by atoms with Gasteiger partial charge in [-0.25, -0.2) is 5.43 Å². The number of aromatic hydroxyl groups is 1. The van der Waals surface area contributed by atoms with Crippen molar-refractivity contribution in [3.8, 4) is 5.75 Å². The van der Waals surface area contributed by atoms with Gasteiger partial charge in [0.2, 0.25) is 5.91 Å². The van der Waals surface area contributed by atoms with E-state index in [4.69, 9.17) is 0 Å². The number of phenolic OH excluding ortho intramolecular Hbond substituents is 1. The smallest absolute Gasteiger partial charge is 0.271 e. The van der Waals surface area contributed by atoms with E-state index in [1.165, 1.54) is 19.2 Å². The second-order valence-corrected chi connectivity index (χ2v) is 5.53. The van der Waals surface area contributed by atoms with Crippen LogP contribution in [0.4, 0.5) is 5.69 Å². The highest BCUT2D eigenvalue weighted by atomic mass is 79.9. The monoisotopic (exact) mass is 375 g/mol. The molecular formula is C16H14BrN3O3. The largest absolute Gasteiger partial charge is 0.507 e. The number of anilines is 1. The van der Waals surface area contributed by atoms with Crippen LogP contribution in [0.5, 0.6) is 5.75 Å². The fourth-order valence-electron chi connectivity index (χ4n) is 1.77. The molecule has 0 unspecified atom stereocenters. The molecule has 23 heavy (non-hydrogen) atoms. The van der Waals surface area contributed by atoms with Gasteiger partial charge >= 0.3 is 0 Å². The van der Waals surface area contributed by atoms with Crippen molar-refractivity contribution in [3.63, 3.8) is 0 Å². The minimum Gasteiger partial charge on any atom is -0.507 e. The lowest BCUT2D eigenvalue weighted by molar-refractivity contribution is -0.114. The topological polar surface area (TPSA) is 90.8 Å². The van der Waals surface area contributed by atoms with Crippen LogP contribution in [0.2, 0.25) is 0 Å². The Morgan fingerprint density at radius 3 is 2.70 bits per heavy atom. The fourth-order valence-corrected chi connectivity index (χ4v) is 2.17. The molecule has 3 N–H and O–H groups in total. The zero-order chi connectivity index (χ0) is 16.8. The molecule has 0 aromatic heterocycles. The van der Waals surface area contributed by atoms with Crippen LogP contribution in [0.3, 0.4) is 0 Å². The van der Waals surface area contributed by atoms with Crippen LogP contribution < -0.4 is 10.7 Å². The molecule has 0 aliphatic rings. The van der Waals surface area contributed by atoms with Crippen molar-refractivity contribution >= 4 is 39.6 Å². The molecule has 0 fully saturated rings. The summed E-state index contributed by atoms with van der Waals surface area (Å²) in [5, 5.41) is 15.9. The molecule has 0 saturated heterocycles. The van der Waals surface area contributed by atoms with E-state index in [0.717, 1.165) is 0 Å². The Hall–Kier alpha value is -2.67. The average molecular weight is 376 g/mol. The van der Waals surface area contributed by atoms with E-state index in [2.05, 4.69) is 31.8 Å². The van der Waals surface area contributed by atoms with E-state index in [9.17, 15) is 14.7 Å². The Morgan fingerprint density at radius 2 is 2.00 bits per heavy atom. The average Bonchev–Trinajstić information content (AvgIpc) is 2.50. The number of nitrogens with zero attached hydrogens (tertiary/aromatic N) is 1. The number of nitrogens with one attached hydrogen (secondary N) is 2. The number of carbonyl (C=O) groups excluding carboxylic acids is 2. The van der Waals surface area contributed by atoms with Gasteiger partial charge in [-0.1, -0.05) is 6.07 Å². The van der Waals surface area contributed by atoms with E-state index in [-0.39, 0.29) is 11.7 Å². The second kappa shape index (κ2) is 7.55. The summed E-state index contributed by atoms with van der Waals surface area (Å²) < 4.78 is 0.538. The number of carbonyl (C=O) groups is 2. The Labute approximate surface area is 141 Å². The number of halogens is 1. The summed E-state index contributed by atoms with van der Waals surface area (Å²) in [5.74, 6) is -0.481. The maximum atomic E-state index is 12.0. The van der Waals surface area contributed by atoms with Crippen molar-refractivity contribution in [2.45, 2.75) is 6.92 Å². The molecule has 0 spiro atoms. The van der Waals surface area contributed by atoms with Gasteiger partial charge in [-0.2, -0.15) is 5.10 Å². The first-order chi connectivity index (χ1) is 11.0. The molecule has 2 amide bonds. The van der Waals surface area contributed by atoms with E-state index in [0.29, 0.717) is 21.3 Å². The molecule has 2 rings (SSSR count). The minimum atomic E-state index is -0.397. The maximum Gasteiger partial charge on any atom is 0.271 e. The molecule has 0 atom stereocenters. The number of phenols is 1. The van der Waals surface area contributed by atoms with Crippen LogP contribution in [0.15, 0.2) is 52.0 Å². The standard InChI is InChI=1S/C16H14BrN3O3/c1-10(21)19-13-4-2-3-12(8-13)16(23)20-18-9-11-5-6-15(22)14(17)7-11/h2-9,22H,1H3,(H,19,21)(H,20,23). The van der Waals surface area contributed by atoms with Crippen LogP contribution in [0, 0.1) is 0 Å². The highest BCUT2D eigenvalue weighted by Gasteiger charge is 2.05. The summed E-state index contributed by atoms with van der Waals surface area (Å²) in [6, 6.07) is 11.4. The Balaban J connectivity index is 2.02. The third-order valence-corrected chi connectivity index (χ3v) is 3.43. The molecule has 7 heteroatoms. The van der Waals surface area contributed by atoms with E-state index in [1.807, 2.05) is 0 Å². The normalized spacial score (nSPS) is 10.5. The predicted molar refractivity (Wildman–Crippen MR) is 91.6 cm³/mol. The van der Waals surface area contributed by atoms with Gasteiger partial charge in [0.15, 0.2) is 0 Å². The molecule has 6 nitrogen and oxygen atoms in total. The fraction of sp³-hybridized carbons (Fsp3) is 0.0625. The van der Waals surface area contributed by atoms with Gasteiger partial charge in [0.05, 0.1) is 10.7 Å². The van der Waals surface area contributed by atoms with Gasteiger partial charge in [-0.3, -0.25) is 9.59 Å². The van der Waals surface area contributed by atoms with Gasteiger partial charge < -0.3 is 10.4 Å². The lowest BCUT2D eigenvalue weighted by Gasteiger charge is -2.04. The summed E-state index contributed by atoms with van der Waals surface area (Å²) >= 11 is 3.20. The highest BCUT2D eigenvalue weighted by Crippen LogP contribution is 2.23. The lowest BCUT2D eigenvalue weighted by Crippen LogP contribution is -2.18. The first-order valence-corrected chi connectivity index (χ1v) is 7.44. The van der Waals surface area contributed by atoms with Gasteiger partial charge in [0.25, 0.3) is 5.91 Å². The lowest BCUT2D eigenvalue weighted by atomic mass is 10.2. The summed E-state index contributed by atoms with van der Waals surface area (Å²) in [4.78, 5) is 23.0. The quantitative estimate of drug-likeness (QED) is 0.566. The first kappa shape index (κ1) is 16.7. The molecule has 0 radical (unpaired) electrons. The van der Waals surface area contributed by atoms with Crippen LogP contribution >= 0.6 is 15.9 Å². The summed E-state index contributed by atoms with van der Waals surface area (Å²) in [6.45, 7) is 1.40. The summed E-state index contributed by atoms with van der Waals surface area (Å²) in [7, 11) is 0. The zero-order valence-electron chi connectivity index (χ0n) is 12.2. The van der Waals surface area contributed by atoms with Gasteiger partial charge in [-0.15, -0.1) is 0 Å². The number of benzene rings is 2.